The van der Waals surface area contributed by atoms with Gasteiger partial charge in [-0.25, -0.2) is 9.78 Å². The largest absolute Gasteiger partial charge is 0.477 e. The van der Waals surface area contributed by atoms with Crippen LogP contribution in [0.4, 0.5) is 18.9 Å². The maximum absolute atomic E-state index is 12.6. The molecule has 0 radical (unpaired) electrons. The van der Waals surface area contributed by atoms with E-state index in [1.54, 1.807) is 6.92 Å². The summed E-state index contributed by atoms with van der Waals surface area (Å²) in [5.41, 5.74) is 1.55. The van der Waals surface area contributed by atoms with Crippen LogP contribution in [0.3, 0.4) is 0 Å². The molecule has 0 saturated carbocycles. The molecule has 1 aliphatic rings. The summed E-state index contributed by atoms with van der Waals surface area (Å²) in [6, 6.07) is 4.10. The number of anilines is 1. The van der Waals surface area contributed by atoms with Crippen LogP contribution >= 0.6 is 0 Å². The average Bonchev–Trinajstić information content (AvgIpc) is 2.60. The number of aromatic nitrogens is 2. The van der Waals surface area contributed by atoms with E-state index in [-0.39, 0.29) is 11.9 Å². The van der Waals surface area contributed by atoms with E-state index >= 15 is 0 Å². The molecule has 27 heavy (non-hydrogen) atoms. The summed E-state index contributed by atoms with van der Waals surface area (Å²) in [5, 5.41) is 13.2. The van der Waals surface area contributed by atoms with Crippen LogP contribution in [0.15, 0.2) is 40.4 Å². The van der Waals surface area contributed by atoms with Crippen molar-refractivity contribution in [2.24, 2.45) is 5.10 Å². The number of hydrogen-bond acceptors (Lipinski definition) is 5. The van der Waals surface area contributed by atoms with Gasteiger partial charge in [-0.2, -0.15) is 18.3 Å². The monoisotopic (exact) mass is 380 g/mol. The van der Waals surface area contributed by atoms with Gasteiger partial charge in [-0.1, -0.05) is 0 Å². The van der Waals surface area contributed by atoms with Gasteiger partial charge in [0.1, 0.15) is 11.3 Å². The highest BCUT2D eigenvalue weighted by Crippen LogP contribution is 2.30. The van der Waals surface area contributed by atoms with Crippen molar-refractivity contribution in [3.05, 3.63) is 57.8 Å². The van der Waals surface area contributed by atoms with Gasteiger partial charge in [0.2, 0.25) is 0 Å². The Labute approximate surface area is 151 Å². The molecule has 0 aliphatic carbocycles. The molecule has 1 aromatic heterocycles. The maximum Gasteiger partial charge on any atom is 0.416 e. The molecule has 142 valence electrons. The van der Waals surface area contributed by atoms with Crippen LogP contribution in [0.25, 0.3) is 0 Å². The minimum absolute atomic E-state index is 0.239. The molecule has 2 heterocycles. The molecule has 0 spiro atoms. The van der Waals surface area contributed by atoms with Gasteiger partial charge >= 0.3 is 12.1 Å². The molecule has 0 bridgehead atoms. The molecule has 0 saturated heterocycles. The number of benzene rings is 1. The highest BCUT2D eigenvalue weighted by Gasteiger charge is 2.30. The van der Waals surface area contributed by atoms with Gasteiger partial charge < -0.3 is 5.11 Å². The minimum atomic E-state index is -4.42. The Morgan fingerprint density at radius 3 is 2.59 bits per heavy atom. The Morgan fingerprint density at radius 1 is 1.33 bits per heavy atom. The second-order valence-corrected chi connectivity index (χ2v) is 6.11. The van der Waals surface area contributed by atoms with Gasteiger partial charge in [-0.05, 0) is 44.0 Å². The molecule has 10 heteroatoms. The number of halogens is 3. The molecule has 3 rings (SSSR count). The Hall–Kier alpha value is -3.17. The van der Waals surface area contributed by atoms with E-state index < -0.39 is 28.8 Å². The lowest BCUT2D eigenvalue weighted by Crippen LogP contribution is -2.37. The normalized spacial score (nSPS) is 18.2. The average molecular weight is 380 g/mol. The van der Waals surface area contributed by atoms with Crippen molar-refractivity contribution in [1.29, 1.82) is 0 Å². The first kappa shape index (κ1) is 18.6. The molecule has 1 atom stereocenters. The Morgan fingerprint density at radius 2 is 2.00 bits per heavy atom. The molecular formula is C17H15F3N4O3. The van der Waals surface area contributed by atoms with Gasteiger partial charge in [0.15, 0.2) is 5.82 Å². The van der Waals surface area contributed by atoms with E-state index in [2.05, 4.69) is 15.5 Å². The number of rotatable bonds is 3. The molecule has 1 aromatic carbocycles. The zero-order valence-electron chi connectivity index (χ0n) is 14.1. The molecule has 1 unspecified atom stereocenters. The van der Waals surface area contributed by atoms with E-state index in [1.807, 2.05) is 0 Å². The summed E-state index contributed by atoms with van der Waals surface area (Å²) in [6.07, 6.45) is -2.41. The number of hydrogen-bond donors (Lipinski definition) is 2. The Kier molecular flexibility index (Phi) is 4.73. The van der Waals surface area contributed by atoms with Gasteiger partial charge in [0.25, 0.3) is 5.56 Å². The maximum atomic E-state index is 12.6. The van der Waals surface area contributed by atoms with Gasteiger partial charge in [0, 0.05) is 12.2 Å². The summed E-state index contributed by atoms with van der Waals surface area (Å²) in [6.45, 7) is 1.78. The number of carbonyl (C=O) groups is 1. The number of nitrogens with one attached hydrogen (secondary N) is 1. The van der Waals surface area contributed by atoms with Crippen LogP contribution in [0, 0.1) is 0 Å². The lowest BCUT2D eigenvalue weighted by atomic mass is 10.0. The fourth-order valence-electron chi connectivity index (χ4n) is 2.80. The third-order valence-corrected chi connectivity index (χ3v) is 4.25. The van der Waals surface area contributed by atoms with Gasteiger partial charge in [-0.15, -0.1) is 0 Å². The summed E-state index contributed by atoms with van der Waals surface area (Å²) in [5.74, 6) is -1.12. The van der Waals surface area contributed by atoms with Crippen molar-refractivity contribution in [2.75, 3.05) is 5.43 Å². The van der Waals surface area contributed by atoms with Gasteiger partial charge in [0.05, 0.1) is 11.3 Å². The van der Waals surface area contributed by atoms with Crippen molar-refractivity contribution in [2.45, 2.75) is 32.0 Å². The van der Waals surface area contributed by atoms with Crippen molar-refractivity contribution >= 4 is 17.4 Å². The van der Waals surface area contributed by atoms with Crippen LogP contribution < -0.4 is 11.0 Å². The second kappa shape index (κ2) is 6.86. The molecular weight excluding hydrogens is 365 g/mol. The van der Waals surface area contributed by atoms with Gasteiger partial charge in [-0.3, -0.25) is 14.8 Å². The molecule has 0 amide bonds. The minimum Gasteiger partial charge on any atom is -0.477 e. The predicted molar refractivity (Wildman–Crippen MR) is 91.0 cm³/mol. The highest BCUT2D eigenvalue weighted by atomic mass is 19.4. The number of hydrazone groups is 1. The lowest BCUT2D eigenvalue weighted by Gasteiger charge is -2.25. The number of fused-ring (bicyclic) bond motifs is 1. The van der Waals surface area contributed by atoms with Crippen molar-refractivity contribution in [3.63, 3.8) is 0 Å². The first-order valence-corrected chi connectivity index (χ1v) is 8.03. The van der Waals surface area contributed by atoms with E-state index in [0.717, 1.165) is 18.3 Å². The van der Waals surface area contributed by atoms with Crippen molar-refractivity contribution < 1.29 is 23.1 Å². The summed E-state index contributed by atoms with van der Waals surface area (Å²) < 4.78 is 39.1. The highest BCUT2D eigenvalue weighted by molar-refractivity contribution is 5.99. The Balaban J connectivity index is 1.91. The first-order chi connectivity index (χ1) is 12.7. The third kappa shape index (κ3) is 3.69. The zero-order valence-corrected chi connectivity index (χ0v) is 14.1. The van der Waals surface area contributed by atoms with Crippen LogP contribution in [-0.2, 0) is 6.18 Å². The fourth-order valence-corrected chi connectivity index (χ4v) is 2.80. The number of nitrogens with zero attached hydrogens (tertiary/aromatic N) is 3. The summed E-state index contributed by atoms with van der Waals surface area (Å²) in [7, 11) is 0. The standard InChI is InChI=1S/C17H15F3N4O3/c1-9-2-7-13(14-21-8-12(16(26)27)15(25)24(9)14)23-22-11-5-3-10(4-6-11)17(18,19)20/h3-6,8-9,22H,2,7H2,1H3,(H,26,27)/b23-13+. The molecule has 2 aromatic rings. The number of alkyl halides is 3. The zero-order chi connectivity index (χ0) is 19.8. The van der Waals surface area contributed by atoms with E-state index in [4.69, 9.17) is 5.11 Å². The number of aromatic carboxylic acids is 1. The van der Waals surface area contributed by atoms with E-state index in [9.17, 15) is 22.8 Å². The van der Waals surface area contributed by atoms with Crippen molar-refractivity contribution in [3.8, 4) is 0 Å². The topological polar surface area (TPSA) is 96.6 Å². The number of carboxylic acid groups (broad SMARTS) is 1. The van der Waals surface area contributed by atoms with E-state index in [0.29, 0.717) is 24.2 Å². The molecule has 1 aliphatic heterocycles. The molecule has 7 nitrogen and oxygen atoms in total. The smallest absolute Gasteiger partial charge is 0.416 e. The second-order valence-electron chi connectivity index (χ2n) is 6.11. The number of carboxylic acids is 1. The Bertz CT molecular complexity index is 965. The van der Waals surface area contributed by atoms with Crippen LogP contribution in [0.2, 0.25) is 0 Å². The summed E-state index contributed by atoms with van der Waals surface area (Å²) in [4.78, 5) is 27.6. The SMILES string of the molecule is CC1CC/C(=N\Nc2ccc(C(F)(F)F)cc2)c2ncc(C(=O)O)c(=O)n21. The lowest BCUT2D eigenvalue weighted by molar-refractivity contribution is -0.137. The molecule has 0 fully saturated rings. The fraction of sp³-hybridized carbons (Fsp3) is 0.294. The first-order valence-electron chi connectivity index (χ1n) is 8.03. The van der Waals surface area contributed by atoms with Crippen LogP contribution in [-0.4, -0.2) is 26.3 Å². The van der Waals surface area contributed by atoms with E-state index in [1.165, 1.54) is 16.7 Å². The summed E-state index contributed by atoms with van der Waals surface area (Å²) >= 11 is 0. The third-order valence-electron chi connectivity index (χ3n) is 4.25. The van der Waals surface area contributed by atoms with Crippen LogP contribution in [0.5, 0.6) is 0 Å². The predicted octanol–water partition coefficient (Wildman–Crippen LogP) is 3.13. The molecule has 2 N–H and O–H groups in total. The van der Waals surface area contributed by atoms with Crippen molar-refractivity contribution in [1.82, 2.24) is 9.55 Å². The van der Waals surface area contributed by atoms with Crippen LogP contribution in [0.1, 0.15) is 47.6 Å². The quantitative estimate of drug-likeness (QED) is 0.798.